The van der Waals surface area contributed by atoms with Gasteiger partial charge < -0.3 is 10.4 Å². The van der Waals surface area contributed by atoms with Crippen LogP contribution in [0.5, 0.6) is 0 Å². The second-order valence-corrected chi connectivity index (χ2v) is 6.08. The van der Waals surface area contributed by atoms with E-state index in [-0.39, 0.29) is 22.3 Å². The van der Waals surface area contributed by atoms with E-state index in [1.54, 1.807) is 0 Å². The van der Waals surface area contributed by atoms with Gasteiger partial charge in [0, 0.05) is 0 Å². The first-order valence-corrected chi connectivity index (χ1v) is 7.54. The number of aromatic nitrogens is 1. The van der Waals surface area contributed by atoms with Crippen LogP contribution in [-0.2, 0) is 4.79 Å². The van der Waals surface area contributed by atoms with E-state index in [9.17, 15) is 9.59 Å². The lowest BCUT2D eigenvalue weighted by Crippen LogP contribution is -2.51. The zero-order chi connectivity index (χ0) is 15.5. The van der Waals surface area contributed by atoms with E-state index in [2.05, 4.69) is 10.3 Å². The Hall–Kier alpha value is -1.33. The highest BCUT2D eigenvalue weighted by Gasteiger charge is 2.36. The molecule has 7 heteroatoms. The van der Waals surface area contributed by atoms with Crippen LogP contribution in [0.1, 0.15) is 48.9 Å². The lowest BCUT2D eigenvalue weighted by atomic mass is 9.79. The third kappa shape index (κ3) is 4.08. The van der Waals surface area contributed by atoms with E-state index < -0.39 is 17.4 Å². The highest BCUT2D eigenvalue weighted by atomic mass is 35.5. The predicted molar refractivity (Wildman–Crippen MR) is 79.8 cm³/mol. The standard InChI is InChI=1S/C14H16Cl2N2O3/c15-10-5-4-9(12(16)17-10)13(21)18-14(8-11(19)20)6-2-1-3-7-14/h4-5H,1-3,6-8H2,(H,18,21)(H,19,20). The molecule has 1 fully saturated rings. The Balaban J connectivity index is 2.19. The van der Waals surface area contributed by atoms with Gasteiger partial charge in [0.05, 0.1) is 17.5 Å². The summed E-state index contributed by atoms with van der Waals surface area (Å²) in [5.41, 5.74) is -0.499. The number of pyridine rings is 1. The summed E-state index contributed by atoms with van der Waals surface area (Å²) < 4.78 is 0. The van der Waals surface area contributed by atoms with Gasteiger partial charge in [0.15, 0.2) is 0 Å². The van der Waals surface area contributed by atoms with Gasteiger partial charge in [0.25, 0.3) is 5.91 Å². The van der Waals surface area contributed by atoms with Gasteiger partial charge in [-0.2, -0.15) is 0 Å². The molecule has 0 aliphatic heterocycles. The topological polar surface area (TPSA) is 79.3 Å². The molecule has 1 aliphatic carbocycles. The summed E-state index contributed by atoms with van der Waals surface area (Å²) >= 11 is 11.6. The minimum absolute atomic E-state index is 0.0151. The van der Waals surface area contributed by atoms with Gasteiger partial charge in [0.1, 0.15) is 10.3 Å². The number of carbonyl (C=O) groups is 2. The van der Waals surface area contributed by atoms with E-state index >= 15 is 0 Å². The van der Waals surface area contributed by atoms with Gasteiger partial charge in [-0.3, -0.25) is 9.59 Å². The molecule has 2 rings (SSSR count). The molecule has 21 heavy (non-hydrogen) atoms. The van der Waals surface area contributed by atoms with Crippen molar-refractivity contribution in [2.75, 3.05) is 0 Å². The number of hydrogen-bond donors (Lipinski definition) is 2. The molecule has 1 aliphatic rings. The van der Waals surface area contributed by atoms with Crippen molar-refractivity contribution in [3.8, 4) is 0 Å². The molecule has 0 saturated heterocycles. The van der Waals surface area contributed by atoms with Gasteiger partial charge in [0.2, 0.25) is 0 Å². The van der Waals surface area contributed by atoms with Crippen LogP contribution in [0.15, 0.2) is 12.1 Å². The smallest absolute Gasteiger partial charge is 0.305 e. The van der Waals surface area contributed by atoms with Crippen LogP contribution in [0.4, 0.5) is 0 Å². The van der Waals surface area contributed by atoms with Crippen molar-refractivity contribution in [1.29, 1.82) is 0 Å². The zero-order valence-corrected chi connectivity index (χ0v) is 12.9. The Labute approximate surface area is 132 Å². The Morgan fingerprint density at radius 2 is 1.90 bits per heavy atom. The third-order valence-electron chi connectivity index (χ3n) is 3.74. The van der Waals surface area contributed by atoms with Crippen LogP contribution in [0.2, 0.25) is 10.3 Å². The fraction of sp³-hybridized carbons (Fsp3) is 0.500. The number of aliphatic carboxylic acids is 1. The molecular formula is C14H16Cl2N2O3. The number of carbonyl (C=O) groups excluding carboxylic acids is 1. The van der Waals surface area contributed by atoms with Gasteiger partial charge in [-0.05, 0) is 25.0 Å². The maximum absolute atomic E-state index is 12.4. The molecule has 1 heterocycles. The molecule has 0 aromatic carbocycles. The minimum atomic E-state index is -0.919. The number of hydrogen-bond acceptors (Lipinski definition) is 3. The van der Waals surface area contributed by atoms with Crippen LogP contribution in [0, 0.1) is 0 Å². The zero-order valence-electron chi connectivity index (χ0n) is 11.4. The third-order valence-corrected chi connectivity index (χ3v) is 4.24. The maximum Gasteiger partial charge on any atom is 0.305 e. The maximum atomic E-state index is 12.4. The van der Waals surface area contributed by atoms with Gasteiger partial charge in [-0.15, -0.1) is 0 Å². The quantitative estimate of drug-likeness (QED) is 0.830. The molecule has 1 amide bonds. The second-order valence-electron chi connectivity index (χ2n) is 5.34. The number of carboxylic acids is 1. The molecule has 0 atom stereocenters. The molecule has 0 bridgehead atoms. The number of carboxylic acid groups (broad SMARTS) is 1. The lowest BCUT2D eigenvalue weighted by Gasteiger charge is -2.37. The second kappa shape index (κ2) is 6.62. The van der Waals surface area contributed by atoms with Crippen LogP contribution in [0.25, 0.3) is 0 Å². The number of halogens is 2. The van der Waals surface area contributed by atoms with Gasteiger partial charge in [-0.25, -0.2) is 4.98 Å². The number of nitrogens with one attached hydrogen (secondary N) is 1. The highest BCUT2D eigenvalue weighted by Crippen LogP contribution is 2.32. The highest BCUT2D eigenvalue weighted by molar-refractivity contribution is 6.34. The molecule has 1 aromatic rings. The molecule has 2 N–H and O–H groups in total. The Morgan fingerprint density at radius 3 is 2.48 bits per heavy atom. The first-order valence-electron chi connectivity index (χ1n) is 6.78. The minimum Gasteiger partial charge on any atom is -0.481 e. The van der Waals surface area contributed by atoms with Crippen molar-refractivity contribution >= 4 is 35.1 Å². The lowest BCUT2D eigenvalue weighted by molar-refractivity contribution is -0.139. The Morgan fingerprint density at radius 1 is 1.24 bits per heavy atom. The van der Waals surface area contributed by atoms with Crippen molar-refractivity contribution < 1.29 is 14.7 Å². The number of amides is 1. The summed E-state index contributed by atoms with van der Waals surface area (Å²) in [6.07, 6.45) is 4.09. The molecule has 114 valence electrons. The van der Waals surface area contributed by atoms with E-state index in [0.717, 1.165) is 19.3 Å². The molecule has 0 radical (unpaired) electrons. The van der Waals surface area contributed by atoms with Crippen LogP contribution < -0.4 is 5.32 Å². The van der Waals surface area contributed by atoms with E-state index in [4.69, 9.17) is 28.3 Å². The molecular weight excluding hydrogens is 315 g/mol. The molecule has 0 unspecified atom stereocenters. The van der Waals surface area contributed by atoms with Gasteiger partial charge >= 0.3 is 5.97 Å². The fourth-order valence-corrected chi connectivity index (χ4v) is 3.18. The molecule has 5 nitrogen and oxygen atoms in total. The van der Waals surface area contributed by atoms with Crippen LogP contribution in [0.3, 0.4) is 0 Å². The first kappa shape index (κ1) is 16.0. The first-order chi connectivity index (χ1) is 9.92. The van der Waals surface area contributed by atoms with Crippen molar-refractivity contribution in [1.82, 2.24) is 10.3 Å². The summed E-state index contributed by atoms with van der Waals surface area (Å²) in [7, 11) is 0. The molecule has 1 saturated carbocycles. The number of nitrogens with zero attached hydrogens (tertiary/aromatic N) is 1. The SMILES string of the molecule is O=C(O)CC1(NC(=O)c2ccc(Cl)nc2Cl)CCCCC1. The van der Waals surface area contributed by atoms with E-state index in [0.29, 0.717) is 12.8 Å². The van der Waals surface area contributed by atoms with Crippen molar-refractivity contribution in [3.05, 3.63) is 28.0 Å². The van der Waals surface area contributed by atoms with Crippen LogP contribution >= 0.6 is 23.2 Å². The van der Waals surface area contributed by atoms with Crippen molar-refractivity contribution in [3.63, 3.8) is 0 Å². The molecule has 1 aromatic heterocycles. The fourth-order valence-electron chi connectivity index (χ4n) is 2.75. The normalized spacial score (nSPS) is 17.2. The monoisotopic (exact) mass is 330 g/mol. The molecule has 0 spiro atoms. The van der Waals surface area contributed by atoms with E-state index in [1.807, 2.05) is 0 Å². The Bertz CT molecular complexity index is 557. The largest absolute Gasteiger partial charge is 0.481 e. The number of rotatable bonds is 4. The van der Waals surface area contributed by atoms with Crippen molar-refractivity contribution in [2.45, 2.75) is 44.1 Å². The van der Waals surface area contributed by atoms with Gasteiger partial charge in [-0.1, -0.05) is 42.5 Å². The summed E-state index contributed by atoms with van der Waals surface area (Å²) in [5, 5.41) is 12.2. The van der Waals surface area contributed by atoms with Crippen LogP contribution in [-0.4, -0.2) is 27.5 Å². The average molecular weight is 331 g/mol. The summed E-state index contributed by atoms with van der Waals surface area (Å²) in [6.45, 7) is 0. The van der Waals surface area contributed by atoms with Crippen molar-refractivity contribution in [2.24, 2.45) is 0 Å². The average Bonchev–Trinajstić information content (AvgIpc) is 2.38. The summed E-state index contributed by atoms with van der Waals surface area (Å²) in [4.78, 5) is 27.3. The predicted octanol–water partition coefficient (Wildman–Crippen LogP) is 3.30. The summed E-state index contributed by atoms with van der Waals surface area (Å²) in [5.74, 6) is -1.33. The Kier molecular flexibility index (Phi) is 5.06. The van der Waals surface area contributed by atoms with E-state index in [1.165, 1.54) is 12.1 Å². The summed E-state index contributed by atoms with van der Waals surface area (Å²) in [6, 6.07) is 2.97.